The third-order valence-corrected chi connectivity index (χ3v) is 4.92. The average molecular weight is 309 g/mol. The van der Waals surface area contributed by atoms with E-state index in [1.165, 1.54) is 4.31 Å². The van der Waals surface area contributed by atoms with E-state index < -0.39 is 10.0 Å². The summed E-state index contributed by atoms with van der Waals surface area (Å²) in [5.74, 6) is 6.00. The number of hydrogen-bond acceptors (Lipinski definition) is 3. The van der Waals surface area contributed by atoms with Gasteiger partial charge < -0.3 is 5.11 Å². The van der Waals surface area contributed by atoms with Gasteiger partial charge >= 0.3 is 0 Å². The van der Waals surface area contributed by atoms with Crippen molar-refractivity contribution in [1.82, 2.24) is 4.31 Å². The van der Waals surface area contributed by atoms with Crippen LogP contribution in [-0.2, 0) is 16.6 Å². The zero-order valence-electron chi connectivity index (χ0n) is 12.7. The van der Waals surface area contributed by atoms with Gasteiger partial charge in [0.25, 0.3) is 0 Å². The number of aliphatic hydroxyl groups is 1. The lowest BCUT2D eigenvalue weighted by Gasteiger charge is -2.17. The van der Waals surface area contributed by atoms with Crippen LogP contribution in [0.4, 0.5) is 0 Å². The summed E-state index contributed by atoms with van der Waals surface area (Å²) >= 11 is 0. The van der Waals surface area contributed by atoms with Gasteiger partial charge in [-0.2, -0.15) is 0 Å². The van der Waals surface area contributed by atoms with Gasteiger partial charge in [-0.1, -0.05) is 37.3 Å². The van der Waals surface area contributed by atoms with Gasteiger partial charge in [0, 0.05) is 25.6 Å². The summed E-state index contributed by atoms with van der Waals surface area (Å²) in [5, 5.41) is 8.70. The number of unbranched alkanes of at least 4 members (excludes halogenated alkanes) is 1. The van der Waals surface area contributed by atoms with Crippen molar-refractivity contribution in [3.63, 3.8) is 0 Å². The highest BCUT2D eigenvalue weighted by Gasteiger charge is 2.17. The molecule has 1 aromatic carbocycles. The first-order chi connectivity index (χ1) is 9.99. The molecule has 0 aromatic heterocycles. The maximum atomic E-state index is 12.1. The van der Waals surface area contributed by atoms with Crippen LogP contribution in [0.5, 0.6) is 0 Å². The highest BCUT2D eigenvalue weighted by atomic mass is 32.2. The highest BCUT2D eigenvalue weighted by Crippen LogP contribution is 2.11. The molecule has 1 N–H and O–H groups in total. The first kappa shape index (κ1) is 17.7. The van der Waals surface area contributed by atoms with E-state index in [0.717, 1.165) is 17.5 Å². The Morgan fingerprint density at radius 1 is 1.33 bits per heavy atom. The van der Waals surface area contributed by atoms with Crippen LogP contribution in [-0.4, -0.2) is 37.2 Å². The van der Waals surface area contributed by atoms with Crippen LogP contribution >= 0.6 is 0 Å². The smallest absolute Gasteiger partial charge is 0.214 e. The Balaban J connectivity index is 2.75. The lowest BCUT2D eigenvalue weighted by molar-refractivity contribution is 0.305. The number of sulfonamides is 1. The fourth-order valence-electron chi connectivity index (χ4n) is 1.81. The highest BCUT2D eigenvalue weighted by molar-refractivity contribution is 7.89. The molecule has 21 heavy (non-hydrogen) atoms. The average Bonchev–Trinajstić information content (AvgIpc) is 2.46. The molecule has 0 heterocycles. The van der Waals surface area contributed by atoms with Gasteiger partial charge in [-0.3, -0.25) is 0 Å². The number of hydrogen-bond donors (Lipinski definition) is 1. The quantitative estimate of drug-likeness (QED) is 0.784. The molecule has 0 aliphatic heterocycles. The second-order valence-electron chi connectivity index (χ2n) is 4.90. The first-order valence-corrected chi connectivity index (χ1v) is 8.73. The standard InChI is InChI=1S/C16H23NO3S/c1-3-4-12-21(19,20)17(2)14-16-10-7-9-15(13-16)8-5-6-11-18/h7,9-10,13,18H,3-4,6,11-12,14H2,1-2H3. The van der Waals surface area contributed by atoms with Crippen molar-refractivity contribution in [2.75, 3.05) is 19.4 Å². The van der Waals surface area contributed by atoms with Gasteiger partial charge in [0.2, 0.25) is 10.0 Å². The minimum Gasteiger partial charge on any atom is -0.395 e. The predicted molar refractivity (Wildman–Crippen MR) is 85.2 cm³/mol. The number of aliphatic hydroxyl groups excluding tert-OH is 1. The molecule has 0 saturated heterocycles. The molecule has 0 radical (unpaired) electrons. The van der Waals surface area contributed by atoms with Crippen molar-refractivity contribution in [3.8, 4) is 11.8 Å². The van der Waals surface area contributed by atoms with E-state index in [-0.39, 0.29) is 12.4 Å². The van der Waals surface area contributed by atoms with Crippen molar-refractivity contribution in [2.45, 2.75) is 32.7 Å². The first-order valence-electron chi connectivity index (χ1n) is 7.12. The maximum absolute atomic E-state index is 12.1. The summed E-state index contributed by atoms with van der Waals surface area (Å²) < 4.78 is 25.5. The van der Waals surface area contributed by atoms with E-state index >= 15 is 0 Å². The summed E-state index contributed by atoms with van der Waals surface area (Å²) in [5.41, 5.74) is 1.74. The topological polar surface area (TPSA) is 57.6 Å². The van der Waals surface area contributed by atoms with Crippen LogP contribution in [0.1, 0.15) is 37.3 Å². The van der Waals surface area contributed by atoms with Gasteiger partial charge in [0.15, 0.2) is 0 Å². The molecule has 0 amide bonds. The molecule has 4 nitrogen and oxygen atoms in total. The Morgan fingerprint density at radius 2 is 2.10 bits per heavy atom. The third kappa shape index (κ3) is 6.30. The molecule has 1 rings (SSSR count). The van der Waals surface area contributed by atoms with Gasteiger partial charge in [0.05, 0.1) is 12.4 Å². The van der Waals surface area contributed by atoms with Crippen molar-refractivity contribution >= 4 is 10.0 Å². The van der Waals surface area contributed by atoms with E-state index in [1.54, 1.807) is 7.05 Å². The second-order valence-corrected chi connectivity index (χ2v) is 7.10. The number of benzene rings is 1. The van der Waals surface area contributed by atoms with Crippen LogP contribution in [0.3, 0.4) is 0 Å². The molecule has 0 aliphatic carbocycles. The zero-order valence-corrected chi connectivity index (χ0v) is 13.5. The normalized spacial score (nSPS) is 11.2. The van der Waals surface area contributed by atoms with Gasteiger partial charge in [-0.25, -0.2) is 12.7 Å². The molecule has 0 atom stereocenters. The lowest BCUT2D eigenvalue weighted by atomic mass is 10.1. The van der Waals surface area contributed by atoms with E-state index in [9.17, 15) is 8.42 Å². The second kappa shape index (κ2) is 8.83. The monoisotopic (exact) mass is 309 g/mol. The molecule has 5 heteroatoms. The molecule has 0 bridgehead atoms. The Bertz CT molecular complexity index is 599. The SMILES string of the molecule is CCCCS(=O)(=O)N(C)Cc1cccc(C#CCCO)c1. The summed E-state index contributed by atoms with van der Waals surface area (Å²) in [6.45, 7) is 2.37. The van der Waals surface area contributed by atoms with Crippen LogP contribution in [0, 0.1) is 11.8 Å². The van der Waals surface area contributed by atoms with E-state index in [4.69, 9.17) is 5.11 Å². The number of nitrogens with zero attached hydrogens (tertiary/aromatic N) is 1. The molecule has 0 saturated carbocycles. The minimum atomic E-state index is -3.19. The molecular weight excluding hydrogens is 286 g/mol. The molecule has 0 aliphatic rings. The minimum absolute atomic E-state index is 0.0467. The molecule has 116 valence electrons. The van der Waals surface area contributed by atoms with Gasteiger partial charge in [-0.05, 0) is 24.1 Å². The fourth-order valence-corrected chi connectivity index (χ4v) is 3.12. The molecule has 0 fully saturated rings. The van der Waals surface area contributed by atoms with Crippen molar-refractivity contribution in [1.29, 1.82) is 0 Å². The van der Waals surface area contributed by atoms with E-state index in [2.05, 4.69) is 11.8 Å². The maximum Gasteiger partial charge on any atom is 0.214 e. The Hall–Kier alpha value is -1.35. The van der Waals surface area contributed by atoms with Crippen LogP contribution in [0.2, 0.25) is 0 Å². The van der Waals surface area contributed by atoms with Gasteiger partial charge in [-0.15, -0.1) is 0 Å². The molecular formula is C16H23NO3S. The Morgan fingerprint density at radius 3 is 2.76 bits per heavy atom. The zero-order chi connectivity index (χ0) is 15.7. The molecule has 0 unspecified atom stereocenters. The molecule has 1 aromatic rings. The van der Waals surface area contributed by atoms with Crippen molar-refractivity contribution in [3.05, 3.63) is 35.4 Å². The Labute approximate surface area is 127 Å². The fraction of sp³-hybridized carbons (Fsp3) is 0.500. The van der Waals surface area contributed by atoms with Crippen LogP contribution in [0.15, 0.2) is 24.3 Å². The number of rotatable bonds is 7. The van der Waals surface area contributed by atoms with Crippen LogP contribution in [0.25, 0.3) is 0 Å². The predicted octanol–water partition coefficient (Wildman–Crippen LogP) is 1.98. The van der Waals surface area contributed by atoms with Crippen molar-refractivity contribution < 1.29 is 13.5 Å². The van der Waals surface area contributed by atoms with E-state index in [1.807, 2.05) is 31.2 Å². The summed E-state index contributed by atoms with van der Waals surface area (Å²) in [6, 6.07) is 7.52. The summed E-state index contributed by atoms with van der Waals surface area (Å²) in [4.78, 5) is 0. The van der Waals surface area contributed by atoms with Crippen LogP contribution < -0.4 is 0 Å². The summed E-state index contributed by atoms with van der Waals surface area (Å²) in [7, 11) is -1.58. The lowest BCUT2D eigenvalue weighted by Crippen LogP contribution is -2.28. The Kier molecular flexibility index (Phi) is 7.44. The largest absolute Gasteiger partial charge is 0.395 e. The van der Waals surface area contributed by atoms with Crippen molar-refractivity contribution in [2.24, 2.45) is 0 Å². The van der Waals surface area contributed by atoms with Gasteiger partial charge in [0.1, 0.15) is 0 Å². The third-order valence-electron chi connectivity index (χ3n) is 3.03. The van der Waals surface area contributed by atoms with E-state index in [0.29, 0.717) is 19.4 Å². The molecule has 0 spiro atoms. The summed E-state index contributed by atoms with van der Waals surface area (Å²) in [6.07, 6.45) is 1.98.